The normalized spacial score (nSPS) is 26.6. The molecule has 0 radical (unpaired) electrons. The third-order valence-electron chi connectivity index (χ3n) is 5.23. The van der Waals surface area contributed by atoms with Crippen LogP contribution in [0.1, 0.15) is 37.7 Å². The van der Waals surface area contributed by atoms with Gasteiger partial charge in [-0.1, -0.05) is 17.7 Å². The Bertz CT molecular complexity index is 718. The number of sulfone groups is 1. The zero-order chi connectivity index (χ0) is 17.5. The molecule has 1 aromatic rings. The largest absolute Gasteiger partial charge is 0.337 e. The molecule has 132 valence electrons. The van der Waals surface area contributed by atoms with E-state index < -0.39 is 15.7 Å². The lowest BCUT2D eigenvalue weighted by Gasteiger charge is -2.38. The number of hydrogen-bond donors (Lipinski definition) is 0. The molecule has 0 spiro atoms. The average molecular weight is 374 g/mol. The van der Waals surface area contributed by atoms with Gasteiger partial charge in [0.15, 0.2) is 0 Å². The summed E-state index contributed by atoms with van der Waals surface area (Å²) in [5.41, 5.74) is 0.367. The smallest absolute Gasteiger partial charge is 0.223 e. The molecule has 24 heavy (non-hydrogen) atoms. The van der Waals surface area contributed by atoms with Crippen LogP contribution in [0.3, 0.4) is 0 Å². The molecule has 3 rings (SSSR count). The number of piperidine rings is 1. The highest BCUT2D eigenvalue weighted by Gasteiger charge is 2.45. The van der Waals surface area contributed by atoms with Crippen LogP contribution in [0, 0.1) is 5.82 Å². The van der Waals surface area contributed by atoms with Gasteiger partial charge in [0.05, 0.1) is 5.25 Å². The zero-order valence-electron chi connectivity index (χ0n) is 13.5. The Morgan fingerprint density at radius 3 is 2.46 bits per heavy atom. The van der Waals surface area contributed by atoms with E-state index in [9.17, 15) is 17.6 Å². The van der Waals surface area contributed by atoms with E-state index in [1.54, 1.807) is 12.1 Å². The molecule has 0 aromatic heterocycles. The van der Waals surface area contributed by atoms with Gasteiger partial charge in [0.2, 0.25) is 5.91 Å². The molecule has 0 saturated carbocycles. The number of amides is 1. The highest BCUT2D eigenvalue weighted by Crippen LogP contribution is 2.38. The Labute approximate surface area is 146 Å². The maximum absolute atomic E-state index is 13.8. The van der Waals surface area contributed by atoms with Crippen LogP contribution >= 0.6 is 11.6 Å². The molecule has 2 aliphatic heterocycles. The summed E-state index contributed by atoms with van der Waals surface area (Å²) in [5, 5.41) is -0.0124. The lowest BCUT2D eigenvalue weighted by Crippen LogP contribution is -2.49. The van der Waals surface area contributed by atoms with Crippen LogP contribution < -0.4 is 0 Å². The van der Waals surface area contributed by atoms with Gasteiger partial charge in [0, 0.05) is 35.3 Å². The number of carbonyl (C=O) groups is 1. The molecule has 2 heterocycles. The van der Waals surface area contributed by atoms with Crippen molar-refractivity contribution in [1.82, 2.24) is 4.90 Å². The summed E-state index contributed by atoms with van der Waals surface area (Å²) in [7, 11) is -3.07. The van der Waals surface area contributed by atoms with E-state index in [0.717, 1.165) is 12.8 Å². The SMILES string of the molecule is CS(=O)(=O)C1CC2CCC(C1)N2C(=O)CCc1c(F)cccc1Cl. The fourth-order valence-corrected chi connectivity index (χ4v) is 5.42. The summed E-state index contributed by atoms with van der Waals surface area (Å²) in [6.45, 7) is 0. The number of hydrogen-bond acceptors (Lipinski definition) is 3. The molecule has 1 aromatic carbocycles. The van der Waals surface area contributed by atoms with E-state index in [1.807, 2.05) is 4.90 Å². The van der Waals surface area contributed by atoms with Gasteiger partial charge in [-0.25, -0.2) is 12.8 Å². The van der Waals surface area contributed by atoms with Gasteiger partial charge < -0.3 is 4.90 Å². The number of fused-ring (bicyclic) bond motifs is 2. The summed E-state index contributed by atoms with van der Waals surface area (Å²) in [5.74, 6) is -0.428. The average Bonchev–Trinajstić information content (AvgIpc) is 2.75. The van der Waals surface area contributed by atoms with Crippen LogP contribution in [0.2, 0.25) is 5.02 Å². The molecule has 7 heteroatoms. The molecular formula is C17H21ClFNO3S. The molecule has 0 N–H and O–H groups in total. The minimum absolute atomic E-state index is 0.00735. The summed E-state index contributed by atoms with van der Waals surface area (Å²) in [6.07, 6.45) is 4.45. The van der Waals surface area contributed by atoms with Gasteiger partial charge >= 0.3 is 0 Å². The predicted octanol–water partition coefficient (Wildman–Crippen LogP) is 2.98. The van der Waals surface area contributed by atoms with Gasteiger partial charge in [-0.15, -0.1) is 0 Å². The van der Waals surface area contributed by atoms with Crippen LogP contribution in [-0.4, -0.2) is 42.8 Å². The molecule has 2 saturated heterocycles. The zero-order valence-corrected chi connectivity index (χ0v) is 15.1. The van der Waals surface area contributed by atoms with E-state index >= 15 is 0 Å². The fraction of sp³-hybridized carbons (Fsp3) is 0.588. The van der Waals surface area contributed by atoms with Gasteiger partial charge in [-0.05, 0) is 44.2 Å². The number of carbonyl (C=O) groups excluding carboxylic acids is 1. The number of benzene rings is 1. The Morgan fingerprint density at radius 1 is 1.29 bits per heavy atom. The van der Waals surface area contributed by atoms with Crippen molar-refractivity contribution in [1.29, 1.82) is 0 Å². The van der Waals surface area contributed by atoms with Crippen LogP contribution in [0.4, 0.5) is 4.39 Å². The second-order valence-corrected chi connectivity index (χ2v) is 9.54. The lowest BCUT2D eigenvalue weighted by molar-refractivity contribution is -0.135. The van der Waals surface area contributed by atoms with Crippen molar-refractivity contribution < 1.29 is 17.6 Å². The summed E-state index contributed by atoms with van der Waals surface area (Å²) >= 11 is 6.01. The molecule has 2 bridgehead atoms. The number of nitrogens with zero attached hydrogens (tertiary/aromatic N) is 1. The summed E-state index contributed by atoms with van der Waals surface area (Å²) in [6, 6.07) is 4.48. The fourth-order valence-electron chi connectivity index (χ4n) is 4.02. The second kappa shape index (κ2) is 6.64. The maximum Gasteiger partial charge on any atom is 0.223 e. The van der Waals surface area contributed by atoms with E-state index in [4.69, 9.17) is 11.6 Å². The first kappa shape index (κ1) is 17.7. The monoisotopic (exact) mass is 373 g/mol. The van der Waals surface area contributed by atoms with Gasteiger partial charge in [-0.2, -0.15) is 0 Å². The molecule has 2 aliphatic rings. The standard InChI is InChI=1S/C17H21ClFNO3S/c1-24(22,23)13-9-11-5-6-12(10-13)20(11)17(21)8-7-14-15(18)3-2-4-16(14)19/h2-4,11-13H,5-10H2,1H3. The van der Waals surface area contributed by atoms with Crippen molar-refractivity contribution in [3.8, 4) is 0 Å². The quantitative estimate of drug-likeness (QED) is 0.815. The molecular weight excluding hydrogens is 353 g/mol. The van der Waals surface area contributed by atoms with Crippen LogP contribution in [-0.2, 0) is 21.1 Å². The topological polar surface area (TPSA) is 54.5 Å². The molecule has 0 aliphatic carbocycles. The summed E-state index contributed by atoms with van der Waals surface area (Å²) < 4.78 is 37.4. The van der Waals surface area contributed by atoms with E-state index in [0.29, 0.717) is 23.4 Å². The van der Waals surface area contributed by atoms with Crippen LogP contribution in [0.25, 0.3) is 0 Å². The van der Waals surface area contributed by atoms with E-state index in [2.05, 4.69) is 0 Å². The first-order chi connectivity index (χ1) is 11.3. The number of rotatable bonds is 4. The predicted molar refractivity (Wildman–Crippen MR) is 91.3 cm³/mol. The molecule has 2 atom stereocenters. The van der Waals surface area contributed by atoms with Crippen molar-refractivity contribution in [2.45, 2.75) is 55.9 Å². The van der Waals surface area contributed by atoms with Crippen molar-refractivity contribution in [2.75, 3.05) is 6.26 Å². The molecule has 2 unspecified atom stereocenters. The molecule has 4 nitrogen and oxygen atoms in total. The van der Waals surface area contributed by atoms with Gasteiger partial charge in [-0.3, -0.25) is 4.79 Å². The third-order valence-corrected chi connectivity index (χ3v) is 7.18. The van der Waals surface area contributed by atoms with Crippen molar-refractivity contribution in [3.63, 3.8) is 0 Å². The second-order valence-electron chi connectivity index (χ2n) is 6.81. The minimum atomic E-state index is -3.07. The Kier molecular flexibility index (Phi) is 4.89. The van der Waals surface area contributed by atoms with E-state index in [-0.39, 0.29) is 36.1 Å². The first-order valence-electron chi connectivity index (χ1n) is 8.20. The Balaban J connectivity index is 1.67. The van der Waals surface area contributed by atoms with Gasteiger partial charge in [0.1, 0.15) is 15.7 Å². The number of halogens is 2. The molecule has 1 amide bonds. The minimum Gasteiger partial charge on any atom is -0.337 e. The Hall–Kier alpha value is -1.14. The third kappa shape index (κ3) is 3.45. The van der Waals surface area contributed by atoms with Gasteiger partial charge in [0.25, 0.3) is 0 Å². The first-order valence-corrected chi connectivity index (χ1v) is 10.5. The highest BCUT2D eigenvalue weighted by molar-refractivity contribution is 7.91. The van der Waals surface area contributed by atoms with Crippen molar-refractivity contribution >= 4 is 27.3 Å². The van der Waals surface area contributed by atoms with Crippen molar-refractivity contribution in [3.05, 3.63) is 34.6 Å². The highest BCUT2D eigenvalue weighted by atomic mass is 35.5. The van der Waals surface area contributed by atoms with Crippen LogP contribution in [0.15, 0.2) is 18.2 Å². The maximum atomic E-state index is 13.8. The lowest BCUT2D eigenvalue weighted by atomic mass is 10.0. The summed E-state index contributed by atoms with van der Waals surface area (Å²) in [4.78, 5) is 14.5. The van der Waals surface area contributed by atoms with E-state index in [1.165, 1.54) is 12.3 Å². The molecule has 2 fully saturated rings. The van der Waals surface area contributed by atoms with Crippen molar-refractivity contribution in [2.24, 2.45) is 0 Å². The Morgan fingerprint density at radius 2 is 1.92 bits per heavy atom. The van der Waals surface area contributed by atoms with Crippen LogP contribution in [0.5, 0.6) is 0 Å².